The molecule has 1 amide bonds. The van der Waals surface area contributed by atoms with Crippen LogP contribution in [0.4, 0.5) is 0 Å². The standard InChI is InChI=1S/C14H16ClNO3S/c15-11-3-1-2-10(8-11)14(5-6-14)13(17)16-12-4-7-20(18,19)9-12/h1-3,8,12H,4-7,9H2,(H,16,17)/t12-/m0/s1. The average molecular weight is 314 g/mol. The van der Waals surface area contributed by atoms with E-state index in [1.54, 1.807) is 6.07 Å². The maximum absolute atomic E-state index is 12.5. The smallest absolute Gasteiger partial charge is 0.230 e. The molecule has 1 heterocycles. The Morgan fingerprint density at radius 3 is 2.65 bits per heavy atom. The first-order valence-corrected chi connectivity index (χ1v) is 8.89. The molecule has 1 aromatic carbocycles. The van der Waals surface area contributed by atoms with Gasteiger partial charge in [-0.05, 0) is 37.0 Å². The van der Waals surface area contributed by atoms with Crippen LogP contribution in [0.15, 0.2) is 24.3 Å². The van der Waals surface area contributed by atoms with Gasteiger partial charge in [0.15, 0.2) is 9.84 Å². The maximum atomic E-state index is 12.5. The second-order valence-corrected chi connectivity index (χ2v) is 8.33. The van der Waals surface area contributed by atoms with Gasteiger partial charge in [0, 0.05) is 11.1 Å². The number of hydrogen-bond donors (Lipinski definition) is 1. The molecular formula is C14H16ClNO3S. The molecule has 1 aromatic rings. The second-order valence-electron chi connectivity index (χ2n) is 5.67. The van der Waals surface area contributed by atoms with Gasteiger partial charge in [0.05, 0.1) is 16.9 Å². The maximum Gasteiger partial charge on any atom is 0.230 e. The van der Waals surface area contributed by atoms with Gasteiger partial charge >= 0.3 is 0 Å². The van der Waals surface area contributed by atoms with E-state index in [-0.39, 0.29) is 23.5 Å². The summed E-state index contributed by atoms with van der Waals surface area (Å²) < 4.78 is 22.9. The highest BCUT2D eigenvalue weighted by molar-refractivity contribution is 7.91. The first-order chi connectivity index (χ1) is 9.41. The quantitative estimate of drug-likeness (QED) is 0.923. The lowest BCUT2D eigenvalue weighted by Crippen LogP contribution is -2.42. The van der Waals surface area contributed by atoms with Crippen LogP contribution in [-0.2, 0) is 20.0 Å². The number of halogens is 1. The minimum Gasteiger partial charge on any atom is -0.352 e. The molecule has 6 heteroatoms. The molecule has 0 spiro atoms. The summed E-state index contributed by atoms with van der Waals surface area (Å²) in [4.78, 5) is 12.5. The molecule has 0 bridgehead atoms. The van der Waals surface area contributed by atoms with Gasteiger partial charge < -0.3 is 5.32 Å². The zero-order chi connectivity index (χ0) is 14.4. The fraction of sp³-hybridized carbons (Fsp3) is 0.500. The molecule has 1 saturated carbocycles. The number of sulfone groups is 1. The lowest BCUT2D eigenvalue weighted by atomic mass is 9.94. The van der Waals surface area contributed by atoms with Crippen molar-refractivity contribution in [2.45, 2.75) is 30.7 Å². The molecule has 1 aliphatic carbocycles. The lowest BCUT2D eigenvalue weighted by Gasteiger charge is -2.19. The number of rotatable bonds is 3. The van der Waals surface area contributed by atoms with Crippen molar-refractivity contribution in [2.24, 2.45) is 0 Å². The summed E-state index contributed by atoms with van der Waals surface area (Å²) in [6.45, 7) is 0. The van der Waals surface area contributed by atoms with Gasteiger partial charge in [0.2, 0.25) is 5.91 Å². The van der Waals surface area contributed by atoms with E-state index in [1.165, 1.54) is 0 Å². The zero-order valence-corrected chi connectivity index (χ0v) is 12.5. The van der Waals surface area contributed by atoms with E-state index in [0.717, 1.165) is 18.4 Å². The zero-order valence-electron chi connectivity index (χ0n) is 10.9. The van der Waals surface area contributed by atoms with Crippen LogP contribution in [0.25, 0.3) is 0 Å². The van der Waals surface area contributed by atoms with Crippen molar-refractivity contribution >= 4 is 27.3 Å². The van der Waals surface area contributed by atoms with E-state index < -0.39 is 15.3 Å². The number of carbonyl (C=O) groups is 1. The van der Waals surface area contributed by atoms with Gasteiger partial charge in [-0.1, -0.05) is 23.7 Å². The predicted octanol–water partition coefficient (Wildman–Crippen LogP) is 1.67. The van der Waals surface area contributed by atoms with Crippen LogP contribution >= 0.6 is 11.6 Å². The SMILES string of the molecule is O=C(N[C@H]1CCS(=O)(=O)C1)C1(c2cccc(Cl)c2)CC1. The molecule has 20 heavy (non-hydrogen) atoms. The number of benzene rings is 1. The van der Waals surface area contributed by atoms with Crippen LogP contribution in [0, 0.1) is 0 Å². The Labute approximate surface area is 123 Å². The molecule has 0 unspecified atom stereocenters. The van der Waals surface area contributed by atoms with Crippen LogP contribution in [-0.4, -0.2) is 31.9 Å². The van der Waals surface area contributed by atoms with E-state index >= 15 is 0 Å². The molecule has 0 radical (unpaired) electrons. The Bertz CT molecular complexity index is 652. The normalized spacial score (nSPS) is 26.1. The first kappa shape index (κ1) is 13.9. The molecule has 108 valence electrons. The van der Waals surface area contributed by atoms with Crippen molar-refractivity contribution in [1.29, 1.82) is 0 Å². The minimum absolute atomic E-state index is 0.0599. The Hall–Kier alpha value is -1.07. The summed E-state index contributed by atoms with van der Waals surface area (Å²) in [5.41, 5.74) is 0.417. The van der Waals surface area contributed by atoms with E-state index in [9.17, 15) is 13.2 Å². The number of amides is 1. The van der Waals surface area contributed by atoms with Gasteiger partial charge in [-0.15, -0.1) is 0 Å². The van der Waals surface area contributed by atoms with Crippen LogP contribution < -0.4 is 5.32 Å². The van der Waals surface area contributed by atoms with E-state index in [4.69, 9.17) is 11.6 Å². The average Bonchev–Trinajstić information content (AvgIpc) is 3.11. The number of carbonyl (C=O) groups excluding carboxylic acids is 1. The van der Waals surface area contributed by atoms with E-state index in [1.807, 2.05) is 18.2 Å². The predicted molar refractivity (Wildman–Crippen MR) is 77.6 cm³/mol. The molecule has 2 fully saturated rings. The monoisotopic (exact) mass is 313 g/mol. The Morgan fingerprint density at radius 2 is 2.10 bits per heavy atom. The van der Waals surface area contributed by atoms with E-state index in [0.29, 0.717) is 11.4 Å². The van der Waals surface area contributed by atoms with Gasteiger partial charge in [-0.2, -0.15) is 0 Å². The molecule has 1 aliphatic heterocycles. The highest BCUT2D eigenvalue weighted by atomic mass is 35.5. The van der Waals surface area contributed by atoms with Crippen molar-refractivity contribution in [3.63, 3.8) is 0 Å². The van der Waals surface area contributed by atoms with Crippen molar-refractivity contribution in [1.82, 2.24) is 5.32 Å². The third kappa shape index (κ3) is 2.56. The third-order valence-electron chi connectivity index (χ3n) is 4.13. The van der Waals surface area contributed by atoms with Crippen LogP contribution in [0.1, 0.15) is 24.8 Å². The second kappa shape index (κ2) is 4.74. The lowest BCUT2D eigenvalue weighted by molar-refractivity contribution is -0.124. The van der Waals surface area contributed by atoms with Crippen molar-refractivity contribution in [2.75, 3.05) is 11.5 Å². The Balaban J connectivity index is 1.74. The summed E-state index contributed by atoms with van der Waals surface area (Å²) in [7, 11) is -2.97. The van der Waals surface area contributed by atoms with Crippen molar-refractivity contribution in [3.05, 3.63) is 34.9 Å². The molecule has 4 nitrogen and oxygen atoms in total. The topological polar surface area (TPSA) is 63.2 Å². The van der Waals surface area contributed by atoms with Crippen molar-refractivity contribution < 1.29 is 13.2 Å². The molecule has 2 aliphatic rings. The Kier molecular flexibility index (Phi) is 3.29. The minimum atomic E-state index is -2.97. The first-order valence-electron chi connectivity index (χ1n) is 6.69. The largest absolute Gasteiger partial charge is 0.352 e. The highest BCUT2D eigenvalue weighted by Crippen LogP contribution is 2.49. The van der Waals surface area contributed by atoms with E-state index in [2.05, 4.69) is 5.32 Å². The number of hydrogen-bond acceptors (Lipinski definition) is 3. The van der Waals surface area contributed by atoms with Crippen LogP contribution in [0.2, 0.25) is 5.02 Å². The number of nitrogens with one attached hydrogen (secondary N) is 1. The van der Waals surface area contributed by atoms with Crippen LogP contribution in [0.5, 0.6) is 0 Å². The van der Waals surface area contributed by atoms with Gasteiger partial charge in [0.1, 0.15) is 0 Å². The van der Waals surface area contributed by atoms with Crippen molar-refractivity contribution in [3.8, 4) is 0 Å². The fourth-order valence-electron chi connectivity index (χ4n) is 2.79. The fourth-order valence-corrected chi connectivity index (χ4v) is 4.65. The van der Waals surface area contributed by atoms with Crippen LogP contribution in [0.3, 0.4) is 0 Å². The Morgan fingerprint density at radius 1 is 1.35 bits per heavy atom. The summed E-state index contributed by atoms with van der Waals surface area (Å²) in [5, 5.41) is 3.51. The summed E-state index contributed by atoms with van der Waals surface area (Å²) in [5.74, 6) is 0.161. The summed E-state index contributed by atoms with van der Waals surface area (Å²) >= 11 is 5.98. The molecule has 1 saturated heterocycles. The third-order valence-corrected chi connectivity index (χ3v) is 6.13. The van der Waals surface area contributed by atoms with Gasteiger partial charge in [-0.3, -0.25) is 4.79 Å². The van der Waals surface area contributed by atoms with Gasteiger partial charge in [0.25, 0.3) is 0 Å². The molecule has 0 aromatic heterocycles. The highest BCUT2D eigenvalue weighted by Gasteiger charge is 2.52. The molecule has 1 atom stereocenters. The molecular weight excluding hydrogens is 298 g/mol. The summed E-state index contributed by atoms with van der Waals surface area (Å²) in [6, 6.07) is 7.10. The molecule has 1 N–H and O–H groups in total. The summed E-state index contributed by atoms with van der Waals surface area (Å²) in [6.07, 6.45) is 2.09. The van der Waals surface area contributed by atoms with Gasteiger partial charge in [-0.25, -0.2) is 8.42 Å². The molecule has 3 rings (SSSR count).